The largest absolute Gasteiger partial charge is 0.493 e. The van der Waals surface area contributed by atoms with Crippen LogP contribution < -0.4 is 14.8 Å². The number of Topliss-reactive ketones (excluding diaryl/α,β-unsaturated/α-hetero) is 1. The van der Waals surface area contributed by atoms with Crippen LogP contribution in [0, 0.1) is 0 Å². The number of hydrogen-bond acceptors (Lipinski definition) is 7. The van der Waals surface area contributed by atoms with Crippen molar-refractivity contribution in [1.29, 1.82) is 0 Å². The fourth-order valence-electron chi connectivity index (χ4n) is 4.59. The highest BCUT2D eigenvalue weighted by atomic mass is 32.1. The molecular formula is C24H25NO5S. The van der Waals surface area contributed by atoms with Crippen molar-refractivity contribution in [3.63, 3.8) is 0 Å². The number of hydrogen-bond donors (Lipinski definition) is 1. The summed E-state index contributed by atoms with van der Waals surface area (Å²) >= 11 is 1.66. The molecule has 0 spiro atoms. The summed E-state index contributed by atoms with van der Waals surface area (Å²) < 4.78 is 16.2. The number of rotatable bonds is 5. The molecule has 0 saturated heterocycles. The molecule has 1 aromatic carbocycles. The number of para-hydroxylation sites is 1. The monoisotopic (exact) mass is 439 g/mol. The number of thiophene rings is 1. The normalized spacial score (nSPS) is 20.8. The number of dihydropyridines is 1. The maximum atomic E-state index is 13.5. The molecule has 4 rings (SSSR count). The van der Waals surface area contributed by atoms with E-state index in [2.05, 4.69) is 11.4 Å². The highest BCUT2D eigenvalue weighted by Gasteiger charge is 2.42. The van der Waals surface area contributed by atoms with Gasteiger partial charge in [-0.15, -0.1) is 11.3 Å². The Kier molecular flexibility index (Phi) is 5.87. The van der Waals surface area contributed by atoms with Crippen LogP contribution in [0.1, 0.15) is 42.0 Å². The summed E-state index contributed by atoms with van der Waals surface area (Å²) in [6.07, 6.45) is 1.10. The standard InChI is InChI=1S/C24H25NO5S/c1-13-20(24(27)30-4)21(15-7-5-8-18(28-2)23(15)29-3)22-16(25-13)11-14(12-17(22)26)19-9-6-10-31-19/h5-10,14,21,25H,11-12H2,1-4H3/t14-,21+/m0/s1. The Morgan fingerprint density at radius 2 is 1.90 bits per heavy atom. The number of allylic oxidation sites excluding steroid dienone is 3. The van der Waals surface area contributed by atoms with E-state index in [0.717, 1.165) is 5.70 Å². The number of carbonyl (C=O) groups is 2. The van der Waals surface area contributed by atoms with Crippen LogP contribution in [0.2, 0.25) is 0 Å². The molecule has 6 nitrogen and oxygen atoms in total. The molecule has 1 aliphatic heterocycles. The van der Waals surface area contributed by atoms with E-state index in [4.69, 9.17) is 14.2 Å². The van der Waals surface area contributed by atoms with E-state index >= 15 is 0 Å². The van der Waals surface area contributed by atoms with Gasteiger partial charge < -0.3 is 19.5 Å². The van der Waals surface area contributed by atoms with E-state index in [1.54, 1.807) is 31.6 Å². The van der Waals surface area contributed by atoms with Crippen molar-refractivity contribution in [2.75, 3.05) is 21.3 Å². The van der Waals surface area contributed by atoms with Gasteiger partial charge in [0.2, 0.25) is 0 Å². The smallest absolute Gasteiger partial charge is 0.336 e. The Morgan fingerprint density at radius 3 is 2.55 bits per heavy atom. The molecule has 162 valence electrons. The number of carbonyl (C=O) groups excluding carboxylic acids is 2. The van der Waals surface area contributed by atoms with Gasteiger partial charge in [-0.2, -0.15) is 0 Å². The van der Waals surface area contributed by atoms with Crippen LogP contribution >= 0.6 is 11.3 Å². The molecule has 2 atom stereocenters. The Labute approximate surface area is 185 Å². The first-order valence-electron chi connectivity index (χ1n) is 10.1. The second-order valence-corrected chi connectivity index (χ2v) is 8.59. The maximum Gasteiger partial charge on any atom is 0.336 e. The Bertz CT molecular complexity index is 1080. The summed E-state index contributed by atoms with van der Waals surface area (Å²) in [6, 6.07) is 9.58. The molecule has 2 heterocycles. The number of esters is 1. The molecule has 1 aliphatic carbocycles. The van der Waals surface area contributed by atoms with Crippen molar-refractivity contribution < 1.29 is 23.8 Å². The number of benzene rings is 1. The zero-order chi connectivity index (χ0) is 22.1. The van der Waals surface area contributed by atoms with Crippen LogP contribution in [-0.2, 0) is 14.3 Å². The molecule has 2 aliphatic rings. The quantitative estimate of drug-likeness (QED) is 0.701. The van der Waals surface area contributed by atoms with Gasteiger partial charge in [0.15, 0.2) is 17.3 Å². The minimum atomic E-state index is -0.592. The molecule has 1 aromatic heterocycles. The van der Waals surface area contributed by atoms with Crippen LogP contribution in [0.25, 0.3) is 0 Å². The van der Waals surface area contributed by atoms with E-state index < -0.39 is 11.9 Å². The average Bonchev–Trinajstić information content (AvgIpc) is 3.31. The van der Waals surface area contributed by atoms with Crippen LogP contribution in [0.15, 0.2) is 58.3 Å². The van der Waals surface area contributed by atoms with Gasteiger partial charge in [0.25, 0.3) is 0 Å². The van der Waals surface area contributed by atoms with Crippen LogP contribution in [0.5, 0.6) is 11.5 Å². The Morgan fingerprint density at radius 1 is 1.10 bits per heavy atom. The topological polar surface area (TPSA) is 73.9 Å². The summed E-state index contributed by atoms with van der Waals surface area (Å²) in [5.74, 6) is 0.133. The molecule has 0 fully saturated rings. The minimum Gasteiger partial charge on any atom is -0.493 e. The van der Waals surface area contributed by atoms with Gasteiger partial charge in [0.05, 0.1) is 32.8 Å². The van der Waals surface area contributed by atoms with Gasteiger partial charge >= 0.3 is 5.97 Å². The van der Waals surface area contributed by atoms with E-state index in [9.17, 15) is 9.59 Å². The first kappa shape index (κ1) is 21.2. The molecule has 7 heteroatoms. The lowest BCUT2D eigenvalue weighted by Gasteiger charge is -2.36. The highest BCUT2D eigenvalue weighted by molar-refractivity contribution is 7.10. The highest BCUT2D eigenvalue weighted by Crippen LogP contribution is 2.49. The van der Waals surface area contributed by atoms with Crippen molar-refractivity contribution in [3.05, 3.63) is 68.7 Å². The SMILES string of the molecule is COC(=O)C1=C(C)NC2=C(C(=O)C[C@@H](c3cccs3)C2)[C@@H]1c1cccc(OC)c1OC. The summed E-state index contributed by atoms with van der Waals surface area (Å²) in [5, 5.41) is 5.37. The third kappa shape index (κ3) is 3.63. The lowest BCUT2D eigenvalue weighted by molar-refractivity contribution is -0.136. The lowest BCUT2D eigenvalue weighted by Crippen LogP contribution is -2.36. The van der Waals surface area contributed by atoms with Crippen molar-refractivity contribution in [2.45, 2.75) is 31.6 Å². The predicted octanol–water partition coefficient (Wildman–Crippen LogP) is 4.30. The molecule has 1 N–H and O–H groups in total. The molecule has 2 aromatic rings. The summed E-state index contributed by atoms with van der Waals surface area (Å²) in [5.41, 5.74) is 3.26. The summed E-state index contributed by atoms with van der Waals surface area (Å²) in [7, 11) is 4.47. The van der Waals surface area contributed by atoms with Gasteiger partial charge in [-0.3, -0.25) is 4.79 Å². The number of nitrogens with one attached hydrogen (secondary N) is 1. The van der Waals surface area contributed by atoms with E-state index in [1.165, 1.54) is 12.0 Å². The van der Waals surface area contributed by atoms with E-state index in [1.807, 2.05) is 30.5 Å². The van der Waals surface area contributed by atoms with Crippen LogP contribution in [0.3, 0.4) is 0 Å². The number of methoxy groups -OCH3 is 3. The van der Waals surface area contributed by atoms with Gasteiger partial charge in [0.1, 0.15) is 0 Å². The Balaban J connectivity index is 1.89. The third-order valence-electron chi connectivity index (χ3n) is 5.92. The molecule has 31 heavy (non-hydrogen) atoms. The second-order valence-electron chi connectivity index (χ2n) is 7.61. The average molecular weight is 440 g/mol. The van der Waals surface area contributed by atoms with Gasteiger partial charge in [-0.25, -0.2) is 4.79 Å². The molecule has 0 radical (unpaired) electrons. The van der Waals surface area contributed by atoms with Crippen molar-refractivity contribution in [1.82, 2.24) is 5.32 Å². The van der Waals surface area contributed by atoms with Gasteiger partial charge in [-0.05, 0) is 30.9 Å². The summed E-state index contributed by atoms with van der Waals surface area (Å²) in [4.78, 5) is 27.5. The molecule has 0 saturated carbocycles. The van der Waals surface area contributed by atoms with Crippen molar-refractivity contribution in [2.24, 2.45) is 0 Å². The molecule has 0 unspecified atom stereocenters. The van der Waals surface area contributed by atoms with E-state index in [-0.39, 0.29) is 11.7 Å². The van der Waals surface area contributed by atoms with Gasteiger partial charge in [-0.1, -0.05) is 18.2 Å². The zero-order valence-corrected chi connectivity index (χ0v) is 18.8. The van der Waals surface area contributed by atoms with Crippen molar-refractivity contribution in [3.8, 4) is 11.5 Å². The zero-order valence-electron chi connectivity index (χ0n) is 18.0. The molecular weight excluding hydrogens is 414 g/mol. The minimum absolute atomic E-state index is 0.0240. The fourth-order valence-corrected chi connectivity index (χ4v) is 5.43. The van der Waals surface area contributed by atoms with E-state index in [0.29, 0.717) is 46.7 Å². The first-order chi connectivity index (χ1) is 15.0. The second kappa shape index (κ2) is 8.59. The van der Waals surface area contributed by atoms with Gasteiger partial charge in [0, 0.05) is 39.7 Å². The van der Waals surface area contributed by atoms with Crippen LogP contribution in [0.4, 0.5) is 0 Å². The lowest BCUT2D eigenvalue weighted by atomic mass is 9.72. The summed E-state index contributed by atoms with van der Waals surface area (Å²) in [6.45, 7) is 1.84. The predicted molar refractivity (Wildman–Crippen MR) is 118 cm³/mol. The fraction of sp³-hybridized carbons (Fsp3) is 0.333. The van der Waals surface area contributed by atoms with Crippen LogP contribution in [-0.4, -0.2) is 33.1 Å². The first-order valence-corrected chi connectivity index (χ1v) is 10.9. The number of ketones is 1. The van der Waals surface area contributed by atoms with Crippen molar-refractivity contribution >= 4 is 23.1 Å². The molecule has 0 amide bonds. The third-order valence-corrected chi connectivity index (χ3v) is 6.96. The maximum absolute atomic E-state index is 13.5. The number of ether oxygens (including phenoxy) is 3. The molecule has 0 bridgehead atoms. The Hall–Kier alpha value is -3.06.